The summed E-state index contributed by atoms with van der Waals surface area (Å²) < 4.78 is 31.7. The van der Waals surface area contributed by atoms with Crippen molar-refractivity contribution in [2.75, 3.05) is 50.2 Å². The number of phenolic OH excluding ortho intramolecular Hbond substituents is 2. The maximum atomic E-state index is 12.8. The number of aromatic nitrogens is 2. The fourth-order valence-corrected chi connectivity index (χ4v) is 8.36. The van der Waals surface area contributed by atoms with Gasteiger partial charge < -0.3 is 51.1 Å². The second-order valence-corrected chi connectivity index (χ2v) is 22.8. The first kappa shape index (κ1) is 81.4. The number of ether oxygens (including phenoxy) is 4. The molecule has 8 N–H and O–H groups in total. The smallest absolute Gasteiger partial charge is 0.416 e. The molecule has 4 rings (SSSR count). The third-order valence-electron chi connectivity index (χ3n) is 11.2. The zero-order valence-corrected chi connectivity index (χ0v) is 57.8. The number of nitrogens with one attached hydrogen (secondary N) is 2. The maximum absolute atomic E-state index is 12.8. The molecule has 0 saturated heterocycles. The van der Waals surface area contributed by atoms with Gasteiger partial charge in [0.1, 0.15) is 29.4 Å². The summed E-state index contributed by atoms with van der Waals surface area (Å²) in [5.41, 5.74) is 1.65. The molecular formula is C58H82BCl5N7O15U. The molecule has 0 saturated carbocycles. The number of hydrogen-bond acceptors (Lipinski definition) is 17. The van der Waals surface area contributed by atoms with E-state index in [0.29, 0.717) is 69.9 Å². The van der Waals surface area contributed by atoms with E-state index in [2.05, 4.69) is 25.3 Å². The molecule has 22 nitrogen and oxygen atoms in total. The van der Waals surface area contributed by atoms with Crippen LogP contribution in [0, 0.1) is 45.0 Å². The van der Waals surface area contributed by atoms with Gasteiger partial charge in [-0.15, -0.1) is 11.6 Å². The molecule has 29 heteroatoms. The van der Waals surface area contributed by atoms with Gasteiger partial charge in [0.05, 0.1) is 67.4 Å². The second-order valence-electron chi connectivity index (χ2n) is 20.6. The molecule has 1 radical (unpaired) electrons. The zero-order chi connectivity index (χ0) is 65.5. The van der Waals surface area contributed by atoms with E-state index in [9.17, 15) is 48.6 Å². The van der Waals surface area contributed by atoms with Gasteiger partial charge in [0.15, 0.2) is 17.3 Å². The van der Waals surface area contributed by atoms with E-state index < -0.39 is 59.1 Å². The third-order valence-corrected chi connectivity index (χ3v) is 12.7. The fourth-order valence-electron chi connectivity index (χ4n) is 7.10. The number of methoxy groups -OCH3 is 2. The standard InChI is InChI=1S/C29H37Cl2N3O7.C18H27N3O5.C10H9Cl3O3.CH4.BH2.H3N.U/c1-18-9-10-32-24(12-18)34(28(39)41-29(2,3)4)11-7-6-8-25(36)33-17-21(35)13-19(16-26(37)40-5)20-14-22(30)27(38)23(31)15-20;1-13-8-9-19-14(11-13)21(17(25)26-18(2,3)4)10-6-5-7-15(22)20-12-16(23)24;1-16-9(14)4-6(11)5-2-7(12)10(15)8(13)3-5;;;;/h9-10,12,14-15,19,38H,6-8,11,13,16-17H2,1-5H3,(H,33,36);8-9,11H,5-7,10,12H2,1-4H3,(H,20,22)(H,23,24);2-3,6,15H,4H2,1H3;1H4;1H2;1H3;/i;;;;1T2;;. The van der Waals surface area contributed by atoms with Crippen LogP contribution in [-0.2, 0) is 47.7 Å². The van der Waals surface area contributed by atoms with E-state index in [-0.39, 0.29) is 133 Å². The molecule has 0 spiro atoms. The van der Waals surface area contributed by atoms with Crippen LogP contribution in [0.3, 0.4) is 0 Å². The number of benzene rings is 2. The van der Waals surface area contributed by atoms with Crippen molar-refractivity contribution < 1.29 is 104 Å². The molecule has 2 aromatic heterocycles. The molecule has 2 heterocycles. The van der Waals surface area contributed by atoms with Crippen LogP contribution in [0.15, 0.2) is 60.9 Å². The Hall–Kier alpha value is -5.57. The van der Waals surface area contributed by atoms with Crippen LogP contribution in [0.25, 0.3) is 0 Å². The summed E-state index contributed by atoms with van der Waals surface area (Å²) in [5, 5.41) is 32.2. The Balaban J connectivity index is -0.00000132. The molecule has 0 aliphatic carbocycles. The number of aryl methyl sites for hydroxylation is 2. The Bertz CT molecular complexity index is 2870. The molecule has 2 atom stereocenters. The number of nitrogens with zero attached hydrogens (tertiary/aromatic N) is 4. The number of ketones is 1. The largest absolute Gasteiger partial charge is 0.505 e. The molecule has 2 unspecified atom stereocenters. The SMILES string of the molecule is C.COC(=O)CC(CC(=O)CNC(=O)CCCCN(C(=O)OC(C)(C)C)c1cc(C)ccn1)c1cc(Cl)c(O)c(Cl)c1.COC(=O)CC(Cl)c1cc(Cl)c(O)c(Cl)c1.Cc1ccnc(N(CCCCC(=O)NCC(=O)O)C(=O)OC(C)(C)C)c1.N.[3H][B][3H].[U]. The van der Waals surface area contributed by atoms with Gasteiger partial charge in [-0.1, -0.05) is 53.8 Å². The van der Waals surface area contributed by atoms with Crippen LogP contribution in [0.4, 0.5) is 21.2 Å². The molecule has 4 amide bonds. The molecule has 4 aromatic rings. The van der Waals surface area contributed by atoms with Crippen molar-refractivity contribution in [3.05, 3.63) is 103 Å². The van der Waals surface area contributed by atoms with Crippen molar-refractivity contribution in [3.63, 3.8) is 0 Å². The molecule has 0 bridgehead atoms. The van der Waals surface area contributed by atoms with E-state index in [1.807, 2.05) is 26.0 Å². The molecule has 481 valence electrons. The van der Waals surface area contributed by atoms with Crippen molar-refractivity contribution >= 4 is 126 Å². The number of aliphatic carboxylic acids is 1. The monoisotopic (exact) mass is 1540 g/mol. The van der Waals surface area contributed by atoms with Crippen molar-refractivity contribution in [2.45, 2.75) is 143 Å². The normalized spacial score (nSPS) is 11.3. The van der Waals surface area contributed by atoms with E-state index in [1.54, 1.807) is 66.1 Å². The minimum atomic E-state index is -1.08. The summed E-state index contributed by atoms with van der Waals surface area (Å²) in [4.78, 5) is 107. The summed E-state index contributed by atoms with van der Waals surface area (Å²) in [7, 11) is 3.02. The Kier molecular flexibility index (Phi) is 39.7. The summed E-state index contributed by atoms with van der Waals surface area (Å²) in [6.07, 6.45) is 4.39. The second kappa shape index (κ2) is 42.4. The summed E-state index contributed by atoms with van der Waals surface area (Å²) in [6, 6.07) is 13.1. The molecule has 87 heavy (non-hydrogen) atoms. The summed E-state index contributed by atoms with van der Waals surface area (Å²) >= 11 is 29.5. The average Bonchev–Trinajstić information content (AvgIpc) is 3.61. The summed E-state index contributed by atoms with van der Waals surface area (Å²) in [6.45, 7) is 14.5. The fraction of sp³-hybridized carbons (Fsp3) is 0.483. The number of anilines is 2. The Morgan fingerprint density at radius 2 is 1.00 bits per heavy atom. The molecular weight excluding hydrogens is 1460 g/mol. The number of carbonyl (C=O) groups excluding carboxylic acids is 7. The van der Waals surface area contributed by atoms with Gasteiger partial charge in [0.25, 0.3) is 0 Å². The van der Waals surface area contributed by atoms with Gasteiger partial charge in [0, 0.05) is 81.8 Å². The number of aromatic hydroxyl groups is 2. The van der Waals surface area contributed by atoms with Crippen LogP contribution >= 0.6 is 58.0 Å². The van der Waals surface area contributed by atoms with Gasteiger partial charge in [-0.3, -0.25) is 38.6 Å². The van der Waals surface area contributed by atoms with Crippen LogP contribution in [-0.4, -0.2) is 136 Å². The number of unbranched alkanes of at least 4 members (excludes halogenated alkanes) is 2. The van der Waals surface area contributed by atoms with Gasteiger partial charge in [-0.05, 0) is 155 Å². The first-order valence-corrected chi connectivity index (χ1v) is 28.0. The Morgan fingerprint density at radius 1 is 0.632 bits per heavy atom. The van der Waals surface area contributed by atoms with E-state index in [4.69, 9.17) is 80.0 Å². The number of carboxylic acid groups (broad SMARTS) is 1. The number of phenols is 2. The topological polar surface area (TPSA) is 325 Å². The molecule has 0 fully saturated rings. The van der Waals surface area contributed by atoms with Crippen molar-refractivity contribution in [3.8, 4) is 11.5 Å². The molecule has 0 aliphatic rings. The van der Waals surface area contributed by atoms with Crippen LogP contribution in [0.2, 0.25) is 20.1 Å². The van der Waals surface area contributed by atoms with Crippen LogP contribution < -0.4 is 26.6 Å². The zero-order valence-electron chi connectivity index (χ0n) is 51.8. The number of carboxylic acids is 1. The Labute approximate surface area is 563 Å². The van der Waals surface area contributed by atoms with E-state index >= 15 is 0 Å². The average molecular weight is 1550 g/mol. The number of pyridine rings is 2. The minimum absolute atomic E-state index is 0. The number of carbonyl (C=O) groups is 8. The Morgan fingerprint density at radius 3 is 1.36 bits per heavy atom. The predicted molar refractivity (Wildman–Crippen MR) is 337 cm³/mol. The third kappa shape index (κ3) is 34.1. The first-order valence-electron chi connectivity index (χ1n) is 27.2. The molecule has 2 aromatic carbocycles. The van der Waals surface area contributed by atoms with Crippen LogP contribution in [0.1, 0.15) is 140 Å². The number of rotatable bonds is 24. The number of Topliss-reactive ketones (excluding diaryl/α,β-unsaturated/α-hetero) is 1. The van der Waals surface area contributed by atoms with Gasteiger partial charge in [-0.25, -0.2) is 19.6 Å². The number of hydrogen-bond donors (Lipinski definition) is 6. The van der Waals surface area contributed by atoms with Crippen molar-refractivity contribution in [1.29, 1.82) is 2.67 Å². The van der Waals surface area contributed by atoms with E-state index in [0.717, 1.165) is 11.1 Å². The first-order chi connectivity index (χ1) is 40.1. The number of esters is 2. The minimum Gasteiger partial charge on any atom is -0.505 e. The van der Waals surface area contributed by atoms with Crippen LogP contribution in [0.5, 0.6) is 11.5 Å². The number of alkyl halides is 1. The number of halogens is 5. The molecule has 0 aliphatic heterocycles. The number of amides is 4. The predicted octanol–water partition coefficient (Wildman–Crippen LogP) is 11.7. The summed E-state index contributed by atoms with van der Waals surface area (Å²) in [5.74, 6) is -3.16. The maximum Gasteiger partial charge on any atom is 0.416 e. The van der Waals surface area contributed by atoms with E-state index in [1.165, 1.54) is 48.3 Å². The van der Waals surface area contributed by atoms with Crippen molar-refractivity contribution in [1.82, 2.24) is 26.8 Å². The quantitative estimate of drug-likeness (QED) is 0.0125. The van der Waals surface area contributed by atoms with Gasteiger partial charge in [0.2, 0.25) is 11.8 Å². The van der Waals surface area contributed by atoms with Crippen molar-refractivity contribution in [2.24, 2.45) is 0 Å². The van der Waals surface area contributed by atoms with Gasteiger partial charge >= 0.3 is 30.1 Å². The van der Waals surface area contributed by atoms with Gasteiger partial charge in [-0.2, -0.15) is 0 Å².